The van der Waals surface area contributed by atoms with Crippen LogP contribution < -0.4 is 0 Å². The molecule has 2 atom stereocenters. The molecule has 1 aromatic carbocycles. The summed E-state index contributed by atoms with van der Waals surface area (Å²) in [5.74, 6) is -2.14. The van der Waals surface area contributed by atoms with Gasteiger partial charge in [-0.1, -0.05) is 11.6 Å². The minimum absolute atomic E-state index is 0.0407. The van der Waals surface area contributed by atoms with Crippen molar-refractivity contribution >= 4 is 45.6 Å². The maximum Gasteiger partial charge on any atom is 0.249 e. The zero-order chi connectivity index (χ0) is 20.9. The Morgan fingerprint density at radius 1 is 1.33 bits per heavy atom. The number of rotatable bonds is 5. The van der Waals surface area contributed by atoms with E-state index in [1.54, 1.807) is 12.3 Å². The zero-order valence-electron chi connectivity index (χ0n) is 16.5. The quantitative estimate of drug-likeness (QED) is 0.459. The third kappa shape index (κ3) is 3.68. The molecule has 5 nitrogen and oxygen atoms in total. The number of alkyl halides is 2. The Labute approximate surface area is 182 Å². The van der Waals surface area contributed by atoms with Gasteiger partial charge in [-0.3, -0.25) is 4.98 Å². The summed E-state index contributed by atoms with van der Waals surface area (Å²) in [6, 6.07) is 5.66. The van der Waals surface area contributed by atoms with E-state index in [9.17, 15) is 8.78 Å². The van der Waals surface area contributed by atoms with Gasteiger partial charge in [0.1, 0.15) is 11.3 Å². The molecule has 0 amide bonds. The number of imidazole rings is 1. The Bertz CT molecular complexity index is 1080. The number of pyridine rings is 1. The van der Waals surface area contributed by atoms with Crippen LogP contribution in [-0.4, -0.2) is 46.0 Å². The van der Waals surface area contributed by atoms with Crippen molar-refractivity contribution in [3.63, 3.8) is 0 Å². The SMILES string of the molecule is CSOCC1CC(n2c(C3CC(F)(F)C3)nc3cnc4ccc(Cl)cc4c32)CCO1. The van der Waals surface area contributed by atoms with E-state index in [-0.39, 0.29) is 30.9 Å². The molecule has 2 fully saturated rings. The molecular weight excluding hydrogens is 432 g/mol. The molecule has 1 saturated carbocycles. The second-order valence-corrected chi connectivity index (χ2v) is 9.08. The first-order valence-electron chi connectivity index (χ1n) is 10.1. The lowest BCUT2D eigenvalue weighted by molar-refractivity contribution is -0.0900. The van der Waals surface area contributed by atoms with Crippen LogP contribution in [0.2, 0.25) is 5.02 Å². The van der Waals surface area contributed by atoms with Crippen LogP contribution in [-0.2, 0) is 8.92 Å². The van der Waals surface area contributed by atoms with Crippen molar-refractivity contribution in [1.82, 2.24) is 14.5 Å². The average Bonchev–Trinajstić information content (AvgIpc) is 3.10. The van der Waals surface area contributed by atoms with E-state index >= 15 is 0 Å². The first-order valence-corrected chi connectivity index (χ1v) is 11.6. The molecule has 2 aromatic heterocycles. The van der Waals surface area contributed by atoms with Crippen molar-refractivity contribution in [3.05, 3.63) is 35.2 Å². The highest BCUT2D eigenvalue weighted by atomic mass is 35.5. The number of aromatic nitrogens is 3. The van der Waals surface area contributed by atoms with Crippen molar-refractivity contribution < 1.29 is 17.7 Å². The fourth-order valence-corrected chi connectivity index (χ4v) is 5.08. The summed E-state index contributed by atoms with van der Waals surface area (Å²) in [6.07, 6.45) is 4.78. The fraction of sp³-hybridized carbons (Fsp3) is 0.524. The summed E-state index contributed by atoms with van der Waals surface area (Å²) in [7, 11) is 0. The Morgan fingerprint density at radius 3 is 2.93 bits per heavy atom. The number of benzene rings is 1. The van der Waals surface area contributed by atoms with E-state index in [4.69, 9.17) is 25.5 Å². The van der Waals surface area contributed by atoms with E-state index in [0.717, 1.165) is 40.6 Å². The van der Waals surface area contributed by atoms with Gasteiger partial charge in [-0.05, 0) is 43.1 Å². The minimum atomic E-state index is -2.61. The largest absolute Gasteiger partial charge is 0.376 e. The Hall–Kier alpha value is -1.48. The average molecular weight is 454 g/mol. The minimum Gasteiger partial charge on any atom is -0.376 e. The summed E-state index contributed by atoms with van der Waals surface area (Å²) in [4.78, 5) is 9.30. The normalized spacial score (nSPS) is 24.4. The van der Waals surface area contributed by atoms with Crippen molar-refractivity contribution in [1.29, 1.82) is 0 Å². The number of hydrogen-bond donors (Lipinski definition) is 0. The van der Waals surface area contributed by atoms with E-state index in [1.807, 2.05) is 18.4 Å². The molecule has 2 aliphatic rings. The molecule has 3 heterocycles. The highest BCUT2D eigenvalue weighted by molar-refractivity contribution is 7.93. The van der Waals surface area contributed by atoms with Crippen molar-refractivity contribution in [2.24, 2.45) is 0 Å². The van der Waals surface area contributed by atoms with Gasteiger partial charge in [0.25, 0.3) is 0 Å². The summed E-state index contributed by atoms with van der Waals surface area (Å²) in [5, 5.41) is 1.51. The van der Waals surface area contributed by atoms with Gasteiger partial charge in [0.15, 0.2) is 0 Å². The molecule has 2 unspecified atom stereocenters. The van der Waals surface area contributed by atoms with E-state index < -0.39 is 5.92 Å². The number of ether oxygens (including phenoxy) is 1. The molecule has 9 heteroatoms. The fourth-order valence-electron chi connectivity index (χ4n) is 4.62. The molecular formula is C21H22ClF2N3O2S. The highest BCUT2D eigenvalue weighted by Crippen LogP contribution is 2.50. The van der Waals surface area contributed by atoms with Crippen LogP contribution in [0.5, 0.6) is 0 Å². The predicted octanol–water partition coefficient (Wildman–Crippen LogP) is 5.77. The maximum absolute atomic E-state index is 13.7. The standard InChI is InChI=1S/C21H22ClF2N3O2S/c1-30-29-11-15-7-14(4-5-28-15)27-19-16-6-13(22)2-3-17(16)25-10-18(19)26-20(27)12-8-21(23,24)9-12/h2-3,6,10,12,14-15H,4-5,7-9,11H2,1H3. The molecule has 0 bridgehead atoms. The molecule has 0 spiro atoms. The lowest BCUT2D eigenvalue weighted by Crippen LogP contribution is -2.37. The van der Waals surface area contributed by atoms with Crippen LogP contribution in [0.1, 0.15) is 43.5 Å². The molecule has 0 N–H and O–H groups in total. The van der Waals surface area contributed by atoms with E-state index in [0.29, 0.717) is 18.2 Å². The summed E-state index contributed by atoms with van der Waals surface area (Å²) in [6.45, 7) is 1.09. The molecule has 0 radical (unpaired) electrons. The van der Waals surface area contributed by atoms with Gasteiger partial charge < -0.3 is 13.5 Å². The second-order valence-electron chi connectivity index (χ2n) is 8.08. The monoisotopic (exact) mass is 453 g/mol. The van der Waals surface area contributed by atoms with Crippen LogP contribution >= 0.6 is 23.6 Å². The number of fused-ring (bicyclic) bond motifs is 3. The van der Waals surface area contributed by atoms with Gasteiger partial charge >= 0.3 is 0 Å². The van der Waals surface area contributed by atoms with Gasteiger partial charge in [-0.15, -0.1) is 0 Å². The number of nitrogens with zero attached hydrogens (tertiary/aromatic N) is 3. The topological polar surface area (TPSA) is 49.2 Å². The number of halogens is 3. The molecule has 3 aromatic rings. The first-order chi connectivity index (χ1) is 14.4. The molecule has 5 rings (SSSR count). The first kappa shape index (κ1) is 20.4. The van der Waals surface area contributed by atoms with E-state index in [1.165, 1.54) is 12.0 Å². The van der Waals surface area contributed by atoms with E-state index in [2.05, 4.69) is 9.55 Å². The summed E-state index contributed by atoms with van der Waals surface area (Å²) in [5.41, 5.74) is 2.45. The third-order valence-corrected chi connectivity index (χ3v) is 6.64. The van der Waals surface area contributed by atoms with Crippen LogP contribution in [0.25, 0.3) is 21.9 Å². The van der Waals surface area contributed by atoms with Gasteiger partial charge in [0.05, 0.1) is 29.9 Å². The van der Waals surface area contributed by atoms with Crippen LogP contribution in [0.15, 0.2) is 24.4 Å². The van der Waals surface area contributed by atoms with Crippen molar-refractivity contribution in [2.45, 2.75) is 49.7 Å². The van der Waals surface area contributed by atoms with Crippen LogP contribution in [0.3, 0.4) is 0 Å². The predicted molar refractivity (Wildman–Crippen MR) is 114 cm³/mol. The highest BCUT2D eigenvalue weighted by Gasteiger charge is 2.48. The summed E-state index contributed by atoms with van der Waals surface area (Å²) < 4.78 is 40.9. The van der Waals surface area contributed by atoms with Crippen molar-refractivity contribution in [3.8, 4) is 0 Å². The van der Waals surface area contributed by atoms with Gasteiger partial charge in [-0.2, -0.15) is 0 Å². The second kappa shape index (κ2) is 7.89. The van der Waals surface area contributed by atoms with Crippen molar-refractivity contribution in [2.75, 3.05) is 19.5 Å². The third-order valence-electron chi connectivity index (χ3n) is 6.04. The van der Waals surface area contributed by atoms with Gasteiger partial charge in [0.2, 0.25) is 5.92 Å². The Kier molecular flexibility index (Phi) is 5.37. The Morgan fingerprint density at radius 2 is 2.17 bits per heavy atom. The lowest BCUT2D eigenvalue weighted by Gasteiger charge is -2.37. The molecule has 1 aliphatic carbocycles. The van der Waals surface area contributed by atoms with Crippen LogP contribution in [0, 0.1) is 0 Å². The smallest absolute Gasteiger partial charge is 0.249 e. The van der Waals surface area contributed by atoms with Gasteiger partial charge in [0, 0.05) is 48.1 Å². The zero-order valence-corrected chi connectivity index (χ0v) is 18.1. The number of hydrogen-bond acceptors (Lipinski definition) is 5. The molecule has 30 heavy (non-hydrogen) atoms. The van der Waals surface area contributed by atoms with Gasteiger partial charge in [-0.25, -0.2) is 13.8 Å². The Balaban J connectivity index is 1.64. The molecule has 160 valence electrons. The maximum atomic E-state index is 13.7. The lowest BCUT2D eigenvalue weighted by atomic mass is 9.80. The molecule has 1 aliphatic heterocycles. The molecule has 1 saturated heterocycles. The van der Waals surface area contributed by atoms with Crippen LogP contribution in [0.4, 0.5) is 8.78 Å². The summed E-state index contributed by atoms with van der Waals surface area (Å²) >= 11 is 7.60.